The van der Waals surface area contributed by atoms with Crippen LogP contribution in [0, 0.1) is 0 Å². The maximum absolute atomic E-state index is 12.3. The van der Waals surface area contributed by atoms with Crippen molar-refractivity contribution < 1.29 is 23.4 Å². The molecule has 2 N–H and O–H groups in total. The Balaban J connectivity index is 1.79. The van der Waals surface area contributed by atoms with Gasteiger partial charge in [-0.1, -0.05) is 17.7 Å². The predicted octanol–water partition coefficient (Wildman–Crippen LogP) is 2.50. The van der Waals surface area contributed by atoms with Gasteiger partial charge in [-0.05, 0) is 23.8 Å². The molecule has 0 saturated carbocycles. The van der Waals surface area contributed by atoms with Gasteiger partial charge in [-0.3, -0.25) is 14.5 Å². The van der Waals surface area contributed by atoms with Gasteiger partial charge in [-0.25, -0.2) is 8.78 Å². The number of halogens is 3. The van der Waals surface area contributed by atoms with Gasteiger partial charge >= 0.3 is 0 Å². The zero-order valence-corrected chi connectivity index (χ0v) is 15.4. The average molecular weight is 411 g/mol. The third-order valence-electron chi connectivity index (χ3n) is 3.80. The van der Waals surface area contributed by atoms with Crippen molar-refractivity contribution in [1.29, 1.82) is 0 Å². The molecular formula is C18H17ClF2N4O3. The summed E-state index contributed by atoms with van der Waals surface area (Å²) in [5, 5.41) is 16.6. The van der Waals surface area contributed by atoms with Gasteiger partial charge in [0, 0.05) is 18.9 Å². The molecule has 0 aliphatic heterocycles. The molecule has 0 unspecified atom stereocenters. The van der Waals surface area contributed by atoms with Crippen LogP contribution in [0.3, 0.4) is 0 Å². The van der Waals surface area contributed by atoms with Crippen molar-refractivity contribution in [3.05, 3.63) is 52.9 Å². The third kappa shape index (κ3) is 4.73. The van der Waals surface area contributed by atoms with E-state index in [0.29, 0.717) is 17.4 Å². The van der Waals surface area contributed by atoms with E-state index in [1.165, 1.54) is 12.3 Å². The molecule has 10 heteroatoms. The van der Waals surface area contributed by atoms with Crippen LogP contribution in [0.1, 0.15) is 16.1 Å². The molecule has 0 aliphatic carbocycles. The van der Waals surface area contributed by atoms with Crippen LogP contribution >= 0.6 is 11.6 Å². The molecule has 3 rings (SSSR count). The smallest absolute Gasteiger partial charge is 0.272 e. The maximum Gasteiger partial charge on any atom is 0.272 e. The van der Waals surface area contributed by atoms with E-state index >= 15 is 0 Å². The number of aliphatic hydroxyl groups is 1. The Hall–Kier alpha value is -2.78. The fourth-order valence-corrected chi connectivity index (χ4v) is 2.87. The summed E-state index contributed by atoms with van der Waals surface area (Å²) >= 11 is 6.09. The Bertz CT molecular complexity index is 981. The molecule has 0 spiro atoms. The molecule has 28 heavy (non-hydrogen) atoms. The monoisotopic (exact) mass is 410 g/mol. The summed E-state index contributed by atoms with van der Waals surface area (Å²) in [7, 11) is 0. The normalized spacial score (nSPS) is 11.2. The van der Waals surface area contributed by atoms with Gasteiger partial charge in [-0.2, -0.15) is 5.10 Å². The third-order valence-corrected chi connectivity index (χ3v) is 4.09. The van der Waals surface area contributed by atoms with Crippen LogP contribution < -0.4 is 10.1 Å². The van der Waals surface area contributed by atoms with Crippen molar-refractivity contribution >= 4 is 28.4 Å². The molecule has 1 amide bonds. The summed E-state index contributed by atoms with van der Waals surface area (Å²) in [6.07, 6.45) is 0.592. The molecule has 0 fully saturated rings. The predicted molar refractivity (Wildman–Crippen MR) is 99.0 cm³/mol. The van der Waals surface area contributed by atoms with Crippen molar-refractivity contribution in [2.75, 3.05) is 19.8 Å². The fourth-order valence-electron chi connectivity index (χ4n) is 2.61. The SMILES string of the molecule is O=C(NCCO)c1nccc2nn(Cc3ccc(OCC(F)F)c(Cl)c3)cc12. The minimum absolute atomic E-state index is 0.128. The summed E-state index contributed by atoms with van der Waals surface area (Å²) in [6.45, 7) is -0.415. The number of amides is 1. The highest BCUT2D eigenvalue weighted by molar-refractivity contribution is 6.32. The largest absolute Gasteiger partial charge is 0.486 e. The first-order valence-corrected chi connectivity index (χ1v) is 8.76. The van der Waals surface area contributed by atoms with E-state index in [0.717, 1.165) is 5.56 Å². The van der Waals surface area contributed by atoms with Crippen LogP contribution in [-0.2, 0) is 6.54 Å². The number of fused-ring (bicyclic) bond motifs is 1. The lowest BCUT2D eigenvalue weighted by Crippen LogP contribution is -2.27. The van der Waals surface area contributed by atoms with Crippen molar-refractivity contribution in [2.45, 2.75) is 13.0 Å². The van der Waals surface area contributed by atoms with Crippen LogP contribution in [0.25, 0.3) is 10.9 Å². The van der Waals surface area contributed by atoms with Crippen LogP contribution in [0.15, 0.2) is 36.7 Å². The maximum atomic E-state index is 12.3. The Morgan fingerprint density at radius 2 is 2.18 bits per heavy atom. The number of carbonyl (C=O) groups is 1. The number of nitrogens with one attached hydrogen (secondary N) is 1. The second-order valence-electron chi connectivity index (χ2n) is 5.87. The van der Waals surface area contributed by atoms with Crippen LogP contribution in [-0.4, -0.2) is 52.0 Å². The Labute approximate surface area is 163 Å². The molecule has 2 aromatic heterocycles. The number of carbonyl (C=O) groups excluding carboxylic acids is 1. The second kappa shape index (κ2) is 8.94. The molecule has 148 valence electrons. The van der Waals surface area contributed by atoms with Gasteiger partial charge in [-0.15, -0.1) is 0 Å². The van der Waals surface area contributed by atoms with Gasteiger partial charge in [0.05, 0.1) is 29.1 Å². The van der Waals surface area contributed by atoms with Gasteiger partial charge < -0.3 is 15.2 Å². The second-order valence-corrected chi connectivity index (χ2v) is 6.27. The van der Waals surface area contributed by atoms with Crippen molar-refractivity contribution in [3.8, 4) is 5.75 Å². The minimum atomic E-state index is -2.58. The molecule has 3 aromatic rings. The van der Waals surface area contributed by atoms with Crippen LogP contribution in [0.4, 0.5) is 8.78 Å². The van der Waals surface area contributed by atoms with Crippen molar-refractivity contribution in [3.63, 3.8) is 0 Å². The first-order chi connectivity index (χ1) is 13.5. The Morgan fingerprint density at radius 1 is 1.36 bits per heavy atom. The molecule has 0 saturated heterocycles. The van der Waals surface area contributed by atoms with Gasteiger partial charge in [0.25, 0.3) is 12.3 Å². The minimum Gasteiger partial charge on any atom is -0.486 e. The number of rotatable bonds is 8. The van der Waals surface area contributed by atoms with E-state index in [4.69, 9.17) is 21.4 Å². The lowest BCUT2D eigenvalue weighted by molar-refractivity contribution is 0.0819. The molecule has 0 aliphatic rings. The van der Waals surface area contributed by atoms with E-state index in [1.807, 2.05) is 0 Å². The summed E-state index contributed by atoms with van der Waals surface area (Å²) in [5.74, 6) is -0.217. The fraction of sp³-hybridized carbons (Fsp3) is 0.278. The zero-order chi connectivity index (χ0) is 20.1. The Kier molecular flexibility index (Phi) is 6.37. The summed E-state index contributed by atoms with van der Waals surface area (Å²) in [6, 6.07) is 6.52. The van der Waals surface area contributed by atoms with E-state index in [-0.39, 0.29) is 29.6 Å². The number of benzene rings is 1. The van der Waals surface area contributed by atoms with Gasteiger partial charge in [0.2, 0.25) is 0 Å². The molecule has 0 atom stereocenters. The molecule has 2 heterocycles. The molecule has 0 bridgehead atoms. The lowest BCUT2D eigenvalue weighted by Gasteiger charge is -2.09. The van der Waals surface area contributed by atoms with Crippen molar-refractivity contribution in [1.82, 2.24) is 20.1 Å². The zero-order valence-electron chi connectivity index (χ0n) is 14.6. The standard InChI is InChI=1S/C18H17ClF2N4O3/c19-13-7-11(1-2-15(13)28-10-16(20)21)8-25-9-12-14(24-25)3-4-22-17(12)18(27)23-5-6-26/h1-4,7,9,16,26H,5-6,8,10H2,(H,23,27). The summed E-state index contributed by atoms with van der Waals surface area (Å²) < 4.78 is 31.1. The topological polar surface area (TPSA) is 89.3 Å². The first-order valence-electron chi connectivity index (χ1n) is 8.38. The number of pyridine rings is 1. The number of aromatic nitrogens is 3. The van der Waals surface area contributed by atoms with E-state index in [1.54, 1.807) is 29.1 Å². The van der Waals surface area contributed by atoms with Crippen LogP contribution in [0.2, 0.25) is 5.02 Å². The number of ether oxygens (including phenoxy) is 1. The number of hydrogen-bond donors (Lipinski definition) is 2. The van der Waals surface area contributed by atoms with Crippen LogP contribution in [0.5, 0.6) is 5.75 Å². The molecule has 7 nitrogen and oxygen atoms in total. The lowest BCUT2D eigenvalue weighted by atomic mass is 10.2. The van der Waals surface area contributed by atoms with Crippen molar-refractivity contribution in [2.24, 2.45) is 0 Å². The molecular weight excluding hydrogens is 394 g/mol. The first kappa shape index (κ1) is 20.0. The summed E-state index contributed by atoms with van der Waals surface area (Å²) in [4.78, 5) is 16.3. The van der Waals surface area contributed by atoms with E-state index in [2.05, 4.69) is 15.4 Å². The van der Waals surface area contributed by atoms with Gasteiger partial charge in [0.15, 0.2) is 0 Å². The number of alkyl halides is 2. The highest BCUT2D eigenvalue weighted by Gasteiger charge is 2.14. The number of nitrogens with zero attached hydrogens (tertiary/aromatic N) is 3. The summed E-state index contributed by atoms with van der Waals surface area (Å²) in [5.41, 5.74) is 1.58. The highest BCUT2D eigenvalue weighted by Crippen LogP contribution is 2.26. The molecule has 1 aromatic carbocycles. The highest BCUT2D eigenvalue weighted by atomic mass is 35.5. The van der Waals surface area contributed by atoms with E-state index < -0.39 is 18.9 Å². The number of hydrogen-bond acceptors (Lipinski definition) is 5. The van der Waals surface area contributed by atoms with Gasteiger partial charge in [0.1, 0.15) is 18.1 Å². The average Bonchev–Trinajstić information content (AvgIpc) is 3.07. The number of aliphatic hydroxyl groups excluding tert-OH is 1. The Morgan fingerprint density at radius 3 is 2.89 bits per heavy atom. The quantitative estimate of drug-likeness (QED) is 0.595. The van der Waals surface area contributed by atoms with E-state index in [9.17, 15) is 13.6 Å². The molecule has 0 radical (unpaired) electrons.